The summed E-state index contributed by atoms with van der Waals surface area (Å²) < 4.78 is 2.33. The highest BCUT2D eigenvalue weighted by molar-refractivity contribution is 6.09. The molecule has 5 aromatic carbocycles. The fourth-order valence-electron chi connectivity index (χ4n) is 7.46. The molecule has 0 saturated carbocycles. The van der Waals surface area contributed by atoms with Crippen LogP contribution in [0.1, 0.15) is 45.2 Å². The van der Waals surface area contributed by atoms with E-state index in [1.165, 1.54) is 32.9 Å². The van der Waals surface area contributed by atoms with Gasteiger partial charge < -0.3 is 4.57 Å². The van der Waals surface area contributed by atoms with Crippen molar-refractivity contribution in [3.8, 4) is 39.9 Å². The van der Waals surface area contributed by atoms with Crippen LogP contribution in [0.2, 0.25) is 0 Å². The molecule has 0 saturated heterocycles. The van der Waals surface area contributed by atoms with Gasteiger partial charge in [0.05, 0.1) is 11.0 Å². The molecule has 0 aliphatic heterocycles. The van der Waals surface area contributed by atoms with E-state index < -0.39 is 0 Å². The largest absolute Gasteiger partial charge is 0.309 e. The van der Waals surface area contributed by atoms with Gasteiger partial charge in [0.2, 0.25) is 0 Å². The molecule has 7 aromatic rings. The topological polar surface area (TPSA) is 43.6 Å². The number of benzene rings is 5. The van der Waals surface area contributed by atoms with Crippen LogP contribution in [-0.4, -0.2) is 19.5 Å². The highest BCUT2D eigenvalue weighted by Crippen LogP contribution is 2.50. The molecular weight excluding hydrogens is 536 g/mol. The highest BCUT2D eigenvalue weighted by Gasteiger charge is 2.41. The van der Waals surface area contributed by atoms with E-state index in [-0.39, 0.29) is 10.8 Å². The molecule has 1 aliphatic carbocycles. The zero-order valence-corrected chi connectivity index (χ0v) is 25.5. The minimum Gasteiger partial charge on any atom is -0.309 e. The van der Waals surface area contributed by atoms with E-state index in [2.05, 4.69) is 135 Å². The molecule has 0 radical (unpaired) electrons. The van der Waals surface area contributed by atoms with Crippen molar-refractivity contribution in [1.29, 1.82) is 0 Å². The molecule has 44 heavy (non-hydrogen) atoms. The van der Waals surface area contributed by atoms with Crippen LogP contribution < -0.4 is 0 Å². The smallest absolute Gasteiger partial charge is 0.164 e. The Hall–Kier alpha value is -5.09. The number of hydrogen-bond acceptors (Lipinski definition) is 3. The van der Waals surface area contributed by atoms with E-state index in [9.17, 15) is 0 Å². The lowest BCUT2D eigenvalue weighted by atomic mass is 9.82. The maximum atomic E-state index is 5.12. The second kappa shape index (κ2) is 9.72. The number of rotatable bonds is 4. The van der Waals surface area contributed by atoms with Crippen molar-refractivity contribution in [3.05, 3.63) is 132 Å². The summed E-state index contributed by atoms with van der Waals surface area (Å²) in [6.45, 7) is 9.38. The molecule has 0 atom stereocenters. The first kappa shape index (κ1) is 26.5. The normalized spacial score (nSPS) is 15.1. The van der Waals surface area contributed by atoms with Crippen LogP contribution in [0.15, 0.2) is 121 Å². The quantitative estimate of drug-likeness (QED) is 0.211. The van der Waals surface area contributed by atoms with Crippen LogP contribution in [0.25, 0.3) is 61.7 Å². The molecule has 0 fully saturated rings. The Morgan fingerprint density at radius 1 is 0.477 bits per heavy atom. The molecular formula is C40H34N4. The summed E-state index contributed by atoms with van der Waals surface area (Å²) in [5.74, 6) is 2.03. The molecule has 8 rings (SSSR count). The van der Waals surface area contributed by atoms with Gasteiger partial charge in [-0.15, -0.1) is 0 Å². The Labute approximate surface area is 258 Å². The predicted molar refractivity (Wildman–Crippen MR) is 181 cm³/mol. The maximum absolute atomic E-state index is 5.12. The molecule has 214 valence electrons. The third kappa shape index (κ3) is 4.24. The van der Waals surface area contributed by atoms with E-state index >= 15 is 0 Å². The molecule has 1 aliphatic rings. The summed E-state index contributed by atoms with van der Waals surface area (Å²) in [5.41, 5.74) is 9.41. The average molecular weight is 571 g/mol. The molecule has 0 N–H and O–H groups in total. The minimum atomic E-state index is 0.0869. The minimum absolute atomic E-state index is 0.0869. The molecule has 0 unspecified atom stereocenters. The van der Waals surface area contributed by atoms with Crippen molar-refractivity contribution in [3.63, 3.8) is 0 Å². The monoisotopic (exact) mass is 570 g/mol. The Bertz CT molecular complexity index is 2150. The highest BCUT2D eigenvalue weighted by atomic mass is 15.0. The molecule has 0 amide bonds. The van der Waals surface area contributed by atoms with Crippen molar-refractivity contribution < 1.29 is 0 Å². The van der Waals surface area contributed by atoms with Gasteiger partial charge in [-0.3, -0.25) is 0 Å². The second-order valence-corrected chi connectivity index (χ2v) is 13.3. The Balaban J connectivity index is 1.31. The first-order valence-electron chi connectivity index (χ1n) is 15.3. The van der Waals surface area contributed by atoms with Crippen molar-refractivity contribution >= 4 is 21.8 Å². The van der Waals surface area contributed by atoms with Crippen LogP contribution in [0.5, 0.6) is 0 Å². The van der Waals surface area contributed by atoms with E-state index in [4.69, 9.17) is 15.0 Å². The van der Waals surface area contributed by atoms with Gasteiger partial charge in [-0.25, -0.2) is 15.0 Å². The molecule has 0 bridgehead atoms. The Kier molecular flexibility index (Phi) is 5.86. The zero-order valence-electron chi connectivity index (χ0n) is 25.5. The van der Waals surface area contributed by atoms with Gasteiger partial charge in [-0.05, 0) is 58.7 Å². The van der Waals surface area contributed by atoms with Gasteiger partial charge in [-0.1, -0.05) is 119 Å². The number of fused-ring (bicyclic) bond motifs is 4. The van der Waals surface area contributed by atoms with Crippen molar-refractivity contribution in [1.82, 2.24) is 19.5 Å². The van der Waals surface area contributed by atoms with Gasteiger partial charge in [0.15, 0.2) is 17.5 Å². The third-order valence-corrected chi connectivity index (χ3v) is 9.23. The third-order valence-electron chi connectivity index (χ3n) is 9.23. The van der Waals surface area contributed by atoms with Gasteiger partial charge in [-0.2, -0.15) is 0 Å². The van der Waals surface area contributed by atoms with Crippen LogP contribution >= 0.6 is 0 Å². The molecule has 0 spiro atoms. The van der Waals surface area contributed by atoms with Crippen LogP contribution in [0.4, 0.5) is 0 Å². The lowest BCUT2D eigenvalue weighted by molar-refractivity contribution is 0.403. The van der Waals surface area contributed by atoms with Gasteiger partial charge in [0, 0.05) is 33.2 Å². The van der Waals surface area contributed by atoms with Crippen LogP contribution in [0, 0.1) is 0 Å². The Morgan fingerprint density at radius 3 is 1.66 bits per heavy atom. The predicted octanol–water partition coefficient (Wildman–Crippen LogP) is 9.93. The summed E-state index contributed by atoms with van der Waals surface area (Å²) in [5, 5.41) is 2.48. The zero-order chi connectivity index (χ0) is 30.1. The summed E-state index contributed by atoms with van der Waals surface area (Å²) in [6.07, 6.45) is 1.12. The number of hydrogen-bond donors (Lipinski definition) is 0. The molecule has 4 heteroatoms. The molecule has 4 nitrogen and oxygen atoms in total. The van der Waals surface area contributed by atoms with Crippen molar-refractivity contribution in [2.75, 3.05) is 0 Å². The first-order valence-corrected chi connectivity index (χ1v) is 15.3. The summed E-state index contributed by atoms with van der Waals surface area (Å²) in [4.78, 5) is 15.2. The van der Waals surface area contributed by atoms with Crippen LogP contribution in [-0.2, 0) is 10.8 Å². The van der Waals surface area contributed by atoms with E-state index in [0.717, 1.165) is 28.8 Å². The molecule has 2 aromatic heterocycles. The number of nitrogens with zero attached hydrogens (tertiary/aromatic N) is 4. The number of para-hydroxylation sites is 2. The van der Waals surface area contributed by atoms with E-state index in [1.54, 1.807) is 0 Å². The van der Waals surface area contributed by atoms with Crippen molar-refractivity contribution in [2.24, 2.45) is 0 Å². The second-order valence-electron chi connectivity index (χ2n) is 13.3. The van der Waals surface area contributed by atoms with E-state index in [0.29, 0.717) is 17.5 Å². The standard InChI is InChI=1S/C40H34N4/c1-39(2)25-40(3,4)33-24-28(21-22-32(33)39)38-42-36(26-13-6-5-7-14-26)41-37(43-38)27-15-12-16-29(23-27)44-34-19-10-8-17-30(34)31-18-9-11-20-35(31)44/h5-24H,25H2,1-4H3. The first-order chi connectivity index (χ1) is 21.3. The van der Waals surface area contributed by atoms with Gasteiger partial charge in [0.25, 0.3) is 0 Å². The van der Waals surface area contributed by atoms with Crippen molar-refractivity contribution in [2.45, 2.75) is 44.9 Å². The van der Waals surface area contributed by atoms with E-state index in [1.807, 2.05) is 18.2 Å². The van der Waals surface area contributed by atoms with Gasteiger partial charge in [0.1, 0.15) is 0 Å². The fourth-order valence-corrected chi connectivity index (χ4v) is 7.46. The average Bonchev–Trinajstić information content (AvgIpc) is 3.48. The maximum Gasteiger partial charge on any atom is 0.164 e. The Morgan fingerprint density at radius 2 is 1.00 bits per heavy atom. The lowest BCUT2D eigenvalue weighted by Crippen LogP contribution is -2.17. The number of aromatic nitrogens is 4. The molecule has 2 heterocycles. The lowest BCUT2D eigenvalue weighted by Gasteiger charge is -2.22. The summed E-state index contributed by atoms with van der Waals surface area (Å²) >= 11 is 0. The van der Waals surface area contributed by atoms with Gasteiger partial charge >= 0.3 is 0 Å². The SMILES string of the molecule is CC1(C)CC(C)(C)c2cc(-c3nc(-c4ccccc4)nc(-c4cccc(-n5c6ccccc6c6ccccc65)c4)n3)ccc21. The fraction of sp³-hybridized carbons (Fsp3) is 0.175. The summed E-state index contributed by atoms with van der Waals surface area (Å²) in [6, 6.07) is 42.7. The van der Waals surface area contributed by atoms with Crippen LogP contribution in [0.3, 0.4) is 0 Å². The summed E-state index contributed by atoms with van der Waals surface area (Å²) in [7, 11) is 0.